The number of benzene rings is 1. The van der Waals surface area contributed by atoms with Crippen molar-refractivity contribution in [2.75, 3.05) is 31.1 Å². The minimum absolute atomic E-state index is 0.0346. The van der Waals surface area contributed by atoms with Crippen LogP contribution in [-0.4, -0.2) is 50.7 Å². The monoisotopic (exact) mass is 312 g/mol. The molecule has 0 aromatic heterocycles. The Kier molecular flexibility index (Phi) is 3.61. The van der Waals surface area contributed by atoms with Gasteiger partial charge < -0.3 is 9.80 Å². The third kappa shape index (κ3) is 2.88. The number of hydrogen-bond donors (Lipinski definition) is 0. The quantitative estimate of drug-likeness (QED) is 0.777. The Hall–Kier alpha value is -1.63. The molecule has 7 heteroatoms. The summed E-state index contributed by atoms with van der Waals surface area (Å²) in [7, 11) is -4.63. The molecule has 5 nitrogen and oxygen atoms in total. The predicted octanol–water partition coefficient (Wildman–Crippen LogP) is 0.949. The zero-order chi connectivity index (χ0) is 15.0. The van der Waals surface area contributed by atoms with Gasteiger partial charge in [0.05, 0.1) is 0 Å². The van der Waals surface area contributed by atoms with Gasteiger partial charge in [-0.15, -0.1) is 3.89 Å². The zero-order valence-electron chi connectivity index (χ0n) is 11.5. The predicted molar refractivity (Wildman–Crippen MR) is 77.4 cm³/mol. The highest BCUT2D eigenvalue weighted by Gasteiger charge is 2.38. The second-order valence-corrected chi connectivity index (χ2v) is 7.13. The van der Waals surface area contributed by atoms with E-state index in [1.54, 1.807) is 0 Å². The third-order valence-electron chi connectivity index (χ3n) is 4.20. The number of carbonyl (C=O) groups is 1. The molecule has 2 heterocycles. The topological polar surface area (TPSA) is 57.7 Å². The van der Waals surface area contributed by atoms with E-state index in [1.165, 1.54) is 16.2 Å². The molecule has 2 aliphatic rings. The molecular formula is C14H17FN2O3S. The number of rotatable bonds is 4. The second kappa shape index (κ2) is 5.29. The Morgan fingerprint density at radius 1 is 1.19 bits per heavy atom. The van der Waals surface area contributed by atoms with Crippen molar-refractivity contribution in [3.05, 3.63) is 29.8 Å². The summed E-state index contributed by atoms with van der Waals surface area (Å²) in [4.78, 5) is 15.4. The molecule has 1 aromatic rings. The van der Waals surface area contributed by atoms with E-state index < -0.39 is 15.5 Å². The highest BCUT2D eigenvalue weighted by Crippen LogP contribution is 2.27. The van der Waals surface area contributed by atoms with Crippen LogP contribution in [0.1, 0.15) is 12.0 Å². The van der Waals surface area contributed by atoms with Crippen molar-refractivity contribution in [2.24, 2.45) is 0 Å². The number of amides is 1. The standard InChI is InChI=1S/C14H17FN2O3S/c15-21(19,20)12-9-14(18)17(10-12)8-7-16-6-5-11-3-1-2-4-13(11)16/h1-4,12H,5-10H2. The maximum absolute atomic E-state index is 13.0. The van der Waals surface area contributed by atoms with Crippen LogP contribution in [0.4, 0.5) is 9.57 Å². The van der Waals surface area contributed by atoms with Crippen molar-refractivity contribution in [3.8, 4) is 0 Å². The minimum Gasteiger partial charge on any atom is -0.369 e. The molecule has 114 valence electrons. The molecule has 1 unspecified atom stereocenters. The van der Waals surface area contributed by atoms with Crippen LogP contribution in [0.5, 0.6) is 0 Å². The van der Waals surface area contributed by atoms with Crippen LogP contribution in [-0.2, 0) is 21.4 Å². The molecule has 0 bridgehead atoms. The number of likely N-dealkylation sites (tertiary alicyclic amines) is 1. The van der Waals surface area contributed by atoms with E-state index in [1.807, 2.05) is 18.2 Å². The van der Waals surface area contributed by atoms with Crippen LogP contribution in [0.3, 0.4) is 0 Å². The third-order valence-corrected chi connectivity index (χ3v) is 5.31. The van der Waals surface area contributed by atoms with Gasteiger partial charge in [-0.25, -0.2) is 0 Å². The molecule has 1 aromatic carbocycles. The van der Waals surface area contributed by atoms with Gasteiger partial charge in [0.2, 0.25) is 5.91 Å². The molecule has 1 fully saturated rings. The molecule has 0 radical (unpaired) electrons. The molecule has 0 N–H and O–H groups in total. The maximum atomic E-state index is 13.0. The fraction of sp³-hybridized carbons (Fsp3) is 0.500. The summed E-state index contributed by atoms with van der Waals surface area (Å²) in [6.45, 7) is 1.93. The number of hydrogen-bond acceptors (Lipinski definition) is 4. The number of nitrogens with zero attached hydrogens (tertiary/aromatic N) is 2. The first-order valence-electron chi connectivity index (χ1n) is 6.99. The molecule has 0 aliphatic carbocycles. The second-order valence-electron chi connectivity index (χ2n) is 5.51. The van der Waals surface area contributed by atoms with E-state index in [0.29, 0.717) is 13.1 Å². The van der Waals surface area contributed by atoms with Crippen molar-refractivity contribution >= 4 is 21.8 Å². The van der Waals surface area contributed by atoms with Gasteiger partial charge in [0, 0.05) is 38.3 Å². The Labute approximate surface area is 123 Å². The van der Waals surface area contributed by atoms with Gasteiger partial charge in [-0.05, 0) is 18.1 Å². The first-order chi connectivity index (χ1) is 9.95. The van der Waals surface area contributed by atoms with Crippen molar-refractivity contribution in [1.82, 2.24) is 4.90 Å². The molecule has 3 rings (SSSR count). The lowest BCUT2D eigenvalue weighted by Gasteiger charge is -2.23. The molecular weight excluding hydrogens is 295 g/mol. The van der Waals surface area contributed by atoms with Gasteiger partial charge in [-0.3, -0.25) is 4.79 Å². The van der Waals surface area contributed by atoms with Crippen LogP contribution in [0.25, 0.3) is 0 Å². The number of fused-ring (bicyclic) bond motifs is 1. The summed E-state index contributed by atoms with van der Waals surface area (Å²) in [6, 6.07) is 8.11. The molecule has 21 heavy (non-hydrogen) atoms. The highest BCUT2D eigenvalue weighted by molar-refractivity contribution is 7.87. The Morgan fingerprint density at radius 3 is 2.62 bits per heavy atom. The molecule has 1 saturated heterocycles. The van der Waals surface area contributed by atoms with Gasteiger partial charge in [-0.1, -0.05) is 18.2 Å². The fourth-order valence-electron chi connectivity index (χ4n) is 3.02. The van der Waals surface area contributed by atoms with Crippen molar-refractivity contribution in [3.63, 3.8) is 0 Å². The number of para-hydroxylation sites is 1. The van der Waals surface area contributed by atoms with E-state index >= 15 is 0 Å². The van der Waals surface area contributed by atoms with Crippen molar-refractivity contribution in [2.45, 2.75) is 18.1 Å². The number of carbonyl (C=O) groups excluding carboxylic acids is 1. The lowest BCUT2D eigenvalue weighted by Crippen LogP contribution is -2.36. The smallest absolute Gasteiger partial charge is 0.307 e. The SMILES string of the molecule is O=C1CC(S(=O)(=O)F)CN1CCN1CCc2ccccc21. The Bertz CT molecular complexity index is 662. The zero-order valence-corrected chi connectivity index (χ0v) is 12.4. The Balaban J connectivity index is 1.61. The van der Waals surface area contributed by atoms with Crippen LogP contribution in [0.15, 0.2) is 24.3 Å². The van der Waals surface area contributed by atoms with E-state index in [4.69, 9.17) is 0 Å². The van der Waals surface area contributed by atoms with Gasteiger partial charge in [-0.2, -0.15) is 8.42 Å². The largest absolute Gasteiger partial charge is 0.369 e. The summed E-state index contributed by atoms with van der Waals surface area (Å²) >= 11 is 0. The average Bonchev–Trinajstić information content (AvgIpc) is 3.00. The van der Waals surface area contributed by atoms with E-state index in [-0.39, 0.29) is 18.9 Å². The molecule has 0 spiro atoms. The van der Waals surface area contributed by atoms with Crippen molar-refractivity contribution in [1.29, 1.82) is 0 Å². The average molecular weight is 312 g/mol. The van der Waals surface area contributed by atoms with Gasteiger partial charge in [0.1, 0.15) is 5.25 Å². The fourth-order valence-corrected chi connectivity index (χ4v) is 3.72. The molecule has 1 amide bonds. The first kappa shape index (κ1) is 14.3. The maximum Gasteiger partial charge on any atom is 0.307 e. The van der Waals surface area contributed by atoms with Gasteiger partial charge in [0.25, 0.3) is 0 Å². The first-order valence-corrected chi connectivity index (χ1v) is 8.44. The highest BCUT2D eigenvalue weighted by atomic mass is 32.3. The normalized spacial score (nSPS) is 22.0. The molecule has 1 atom stereocenters. The lowest BCUT2D eigenvalue weighted by atomic mass is 10.2. The van der Waals surface area contributed by atoms with Gasteiger partial charge >= 0.3 is 10.2 Å². The minimum atomic E-state index is -4.63. The Morgan fingerprint density at radius 2 is 1.90 bits per heavy atom. The summed E-state index contributed by atoms with van der Waals surface area (Å²) in [5, 5.41) is -1.20. The van der Waals surface area contributed by atoms with E-state index in [0.717, 1.165) is 13.0 Å². The van der Waals surface area contributed by atoms with Gasteiger partial charge in [0.15, 0.2) is 0 Å². The summed E-state index contributed by atoms with van der Waals surface area (Å²) in [5.41, 5.74) is 2.45. The summed E-state index contributed by atoms with van der Waals surface area (Å²) < 4.78 is 34.7. The van der Waals surface area contributed by atoms with E-state index in [2.05, 4.69) is 11.0 Å². The van der Waals surface area contributed by atoms with Crippen molar-refractivity contribution < 1.29 is 17.1 Å². The van der Waals surface area contributed by atoms with E-state index in [9.17, 15) is 17.1 Å². The summed E-state index contributed by atoms with van der Waals surface area (Å²) in [6.07, 6.45) is 0.737. The molecule has 2 aliphatic heterocycles. The number of anilines is 1. The van der Waals surface area contributed by atoms with Crippen LogP contribution < -0.4 is 4.90 Å². The number of halogens is 1. The lowest BCUT2D eigenvalue weighted by molar-refractivity contribution is -0.127. The molecule has 0 saturated carbocycles. The summed E-state index contributed by atoms with van der Waals surface area (Å²) in [5.74, 6) is -0.284. The van der Waals surface area contributed by atoms with Crippen LogP contribution >= 0.6 is 0 Å². The van der Waals surface area contributed by atoms with Crippen LogP contribution in [0, 0.1) is 0 Å². The van der Waals surface area contributed by atoms with Crippen LogP contribution in [0.2, 0.25) is 0 Å².